The highest BCUT2D eigenvalue weighted by molar-refractivity contribution is 5.78. The molecular formula is C16H23FN2O. The first-order valence-corrected chi connectivity index (χ1v) is 7.39. The van der Waals surface area contributed by atoms with Crippen LogP contribution in [0.1, 0.15) is 38.2 Å². The Bertz CT molecular complexity index is 433. The van der Waals surface area contributed by atoms with E-state index in [1.165, 1.54) is 31.4 Å². The third-order valence-corrected chi connectivity index (χ3v) is 4.04. The Morgan fingerprint density at radius 1 is 1.25 bits per heavy atom. The zero-order valence-electron chi connectivity index (χ0n) is 12.0. The first-order chi connectivity index (χ1) is 9.65. The molecule has 0 bridgehead atoms. The molecule has 110 valence electrons. The van der Waals surface area contributed by atoms with Crippen LogP contribution in [0.15, 0.2) is 24.3 Å². The van der Waals surface area contributed by atoms with Gasteiger partial charge in [0.1, 0.15) is 5.82 Å². The Balaban J connectivity index is 1.68. The summed E-state index contributed by atoms with van der Waals surface area (Å²) in [5, 5.41) is 6.19. The number of carbonyl (C=O) groups excluding carboxylic acids is 1. The molecule has 1 amide bonds. The molecule has 1 aromatic rings. The van der Waals surface area contributed by atoms with E-state index in [0.717, 1.165) is 12.0 Å². The third kappa shape index (κ3) is 4.60. The van der Waals surface area contributed by atoms with Crippen molar-refractivity contribution >= 4 is 5.91 Å². The Morgan fingerprint density at radius 3 is 2.65 bits per heavy atom. The maximum absolute atomic E-state index is 12.8. The molecule has 3 nitrogen and oxygen atoms in total. The first-order valence-electron chi connectivity index (χ1n) is 7.39. The third-order valence-electron chi connectivity index (χ3n) is 4.04. The molecule has 1 saturated carbocycles. The maximum Gasteiger partial charge on any atom is 0.234 e. The summed E-state index contributed by atoms with van der Waals surface area (Å²) in [6, 6.07) is 6.64. The lowest BCUT2D eigenvalue weighted by molar-refractivity contribution is -0.120. The fraction of sp³-hybridized carbons (Fsp3) is 0.562. The molecule has 0 aromatic heterocycles. The lowest BCUT2D eigenvalue weighted by Crippen LogP contribution is -2.43. The minimum atomic E-state index is -0.256. The Hall–Kier alpha value is -1.42. The van der Waals surface area contributed by atoms with Gasteiger partial charge in [0.15, 0.2) is 0 Å². The summed E-state index contributed by atoms with van der Waals surface area (Å²) in [5.41, 5.74) is 0.908. The quantitative estimate of drug-likeness (QED) is 0.869. The van der Waals surface area contributed by atoms with Crippen LogP contribution in [0.2, 0.25) is 0 Å². The van der Waals surface area contributed by atoms with Crippen molar-refractivity contribution in [3.8, 4) is 0 Å². The summed E-state index contributed by atoms with van der Waals surface area (Å²) in [5.74, 6) is 0.383. The summed E-state index contributed by atoms with van der Waals surface area (Å²) >= 11 is 0. The zero-order chi connectivity index (χ0) is 14.4. The minimum Gasteiger partial charge on any atom is -0.351 e. The van der Waals surface area contributed by atoms with Crippen LogP contribution in [0, 0.1) is 11.7 Å². The van der Waals surface area contributed by atoms with Crippen LogP contribution in [-0.4, -0.2) is 18.5 Å². The van der Waals surface area contributed by atoms with Gasteiger partial charge >= 0.3 is 0 Å². The number of hydrogen-bond acceptors (Lipinski definition) is 2. The topological polar surface area (TPSA) is 41.1 Å². The highest BCUT2D eigenvalue weighted by Gasteiger charge is 2.21. The lowest BCUT2D eigenvalue weighted by Gasteiger charge is -2.29. The predicted octanol–water partition coefficient (Wildman–Crippen LogP) is 2.61. The molecule has 0 aliphatic heterocycles. The lowest BCUT2D eigenvalue weighted by atomic mass is 9.86. The first kappa shape index (κ1) is 15.0. The largest absolute Gasteiger partial charge is 0.351 e. The van der Waals surface area contributed by atoms with Gasteiger partial charge in [-0.15, -0.1) is 0 Å². The molecule has 2 atom stereocenters. The standard InChI is InChI=1S/C16H23FN2O/c1-12-4-2-3-5-15(12)18-11-16(20)19-10-13-6-8-14(17)9-7-13/h6-9,12,15,18H,2-5,10-11H2,1H3,(H,19,20)/t12-,15-/m1/s1. The van der Waals surface area contributed by atoms with Crippen LogP contribution in [-0.2, 0) is 11.3 Å². The second-order valence-corrected chi connectivity index (χ2v) is 5.65. The molecule has 1 aliphatic rings. The molecule has 4 heteroatoms. The van der Waals surface area contributed by atoms with Crippen molar-refractivity contribution in [2.45, 2.75) is 45.2 Å². The Morgan fingerprint density at radius 2 is 1.95 bits per heavy atom. The maximum atomic E-state index is 12.8. The number of rotatable bonds is 5. The van der Waals surface area contributed by atoms with Gasteiger partial charge in [-0.2, -0.15) is 0 Å². The van der Waals surface area contributed by atoms with Crippen LogP contribution >= 0.6 is 0 Å². The summed E-state index contributed by atoms with van der Waals surface area (Å²) < 4.78 is 12.8. The molecule has 2 rings (SSSR count). The summed E-state index contributed by atoms with van der Waals surface area (Å²) in [7, 11) is 0. The SMILES string of the molecule is C[C@@H]1CCCC[C@H]1NCC(=O)NCc1ccc(F)cc1. The van der Waals surface area contributed by atoms with Gasteiger partial charge in [-0.25, -0.2) is 4.39 Å². The van der Waals surface area contributed by atoms with Crippen molar-refractivity contribution < 1.29 is 9.18 Å². The van der Waals surface area contributed by atoms with Crippen molar-refractivity contribution in [1.29, 1.82) is 0 Å². The van der Waals surface area contributed by atoms with Gasteiger partial charge in [-0.3, -0.25) is 4.79 Å². The Kier molecular flexibility index (Phi) is 5.53. The van der Waals surface area contributed by atoms with Gasteiger partial charge < -0.3 is 10.6 Å². The second-order valence-electron chi connectivity index (χ2n) is 5.65. The molecule has 0 unspecified atom stereocenters. The monoisotopic (exact) mass is 278 g/mol. The molecule has 1 aromatic carbocycles. The van der Waals surface area contributed by atoms with E-state index in [4.69, 9.17) is 0 Å². The van der Waals surface area contributed by atoms with E-state index in [9.17, 15) is 9.18 Å². The van der Waals surface area contributed by atoms with Crippen molar-refractivity contribution in [2.75, 3.05) is 6.54 Å². The molecule has 0 saturated heterocycles. The van der Waals surface area contributed by atoms with Crippen LogP contribution in [0.3, 0.4) is 0 Å². The fourth-order valence-corrected chi connectivity index (χ4v) is 2.71. The highest BCUT2D eigenvalue weighted by Crippen LogP contribution is 2.23. The van der Waals surface area contributed by atoms with Gasteiger partial charge in [0.25, 0.3) is 0 Å². The van der Waals surface area contributed by atoms with E-state index in [0.29, 0.717) is 25.0 Å². The smallest absolute Gasteiger partial charge is 0.234 e. The molecule has 1 aliphatic carbocycles. The molecule has 0 spiro atoms. The second kappa shape index (κ2) is 7.39. The van der Waals surface area contributed by atoms with E-state index in [2.05, 4.69) is 17.6 Å². The summed E-state index contributed by atoms with van der Waals surface area (Å²) in [6.07, 6.45) is 4.95. The van der Waals surface area contributed by atoms with Gasteiger partial charge in [0.05, 0.1) is 6.54 Å². The Labute approximate surface area is 120 Å². The normalized spacial score (nSPS) is 22.5. The van der Waals surface area contributed by atoms with Gasteiger partial charge in [-0.1, -0.05) is 31.9 Å². The molecule has 2 N–H and O–H groups in total. The van der Waals surface area contributed by atoms with Crippen LogP contribution < -0.4 is 10.6 Å². The van der Waals surface area contributed by atoms with Crippen molar-refractivity contribution in [3.63, 3.8) is 0 Å². The van der Waals surface area contributed by atoms with Crippen molar-refractivity contribution in [2.24, 2.45) is 5.92 Å². The molecule has 20 heavy (non-hydrogen) atoms. The number of halogens is 1. The number of benzene rings is 1. The molecule has 1 fully saturated rings. The number of hydrogen-bond donors (Lipinski definition) is 2. The molecule has 0 heterocycles. The van der Waals surface area contributed by atoms with Crippen molar-refractivity contribution in [3.05, 3.63) is 35.6 Å². The summed E-state index contributed by atoms with van der Waals surface area (Å²) in [6.45, 7) is 3.05. The number of amides is 1. The van der Waals surface area contributed by atoms with E-state index < -0.39 is 0 Å². The van der Waals surface area contributed by atoms with Crippen LogP contribution in [0.5, 0.6) is 0 Å². The van der Waals surface area contributed by atoms with Crippen LogP contribution in [0.25, 0.3) is 0 Å². The van der Waals surface area contributed by atoms with E-state index in [1.54, 1.807) is 12.1 Å². The predicted molar refractivity (Wildman–Crippen MR) is 77.7 cm³/mol. The zero-order valence-corrected chi connectivity index (χ0v) is 12.0. The average molecular weight is 278 g/mol. The molecule has 0 radical (unpaired) electrons. The summed E-state index contributed by atoms with van der Waals surface area (Å²) in [4.78, 5) is 11.8. The fourth-order valence-electron chi connectivity index (χ4n) is 2.71. The molecular weight excluding hydrogens is 255 g/mol. The minimum absolute atomic E-state index is 0.00732. The average Bonchev–Trinajstić information content (AvgIpc) is 2.46. The van der Waals surface area contributed by atoms with Crippen LogP contribution in [0.4, 0.5) is 4.39 Å². The van der Waals surface area contributed by atoms with E-state index >= 15 is 0 Å². The van der Waals surface area contributed by atoms with E-state index in [-0.39, 0.29) is 11.7 Å². The highest BCUT2D eigenvalue weighted by atomic mass is 19.1. The van der Waals surface area contributed by atoms with Gasteiger partial charge in [-0.05, 0) is 36.5 Å². The van der Waals surface area contributed by atoms with E-state index in [1.807, 2.05) is 0 Å². The van der Waals surface area contributed by atoms with Gasteiger partial charge in [0.2, 0.25) is 5.91 Å². The van der Waals surface area contributed by atoms with Gasteiger partial charge in [0, 0.05) is 12.6 Å². The van der Waals surface area contributed by atoms with Crippen molar-refractivity contribution in [1.82, 2.24) is 10.6 Å². The number of nitrogens with one attached hydrogen (secondary N) is 2. The number of carbonyl (C=O) groups is 1.